The van der Waals surface area contributed by atoms with E-state index in [1.165, 1.54) is 0 Å². The molecule has 3 N–H and O–H groups in total. The van der Waals surface area contributed by atoms with Gasteiger partial charge in [-0.3, -0.25) is 0 Å². The molecule has 62 valence electrons. The second kappa shape index (κ2) is 1.76. The van der Waals surface area contributed by atoms with Gasteiger partial charge >= 0.3 is 5.97 Å². The van der Waals surface area contributed by atoms with Gasteiger partial charge in [-0.05, 0) is 12.8 Å². The van der Waals surface area contributed by atoms with Crippen LogP contribution in [0.3, 0.4) is 0 Å². The predicted octanol–water partition coefficient (Wildman–Crippen LogP) is -0.815. The lowest BCUT2D eigenvalue weighted by molar-refractivity contribution is -0.193. The fourth-order valence-corrected chi connectivity index (χ4v) is 2.07. The number of carboxylic acids is 1. The number of aliphatic carboxylic acids is 1. The third kappa shape index (κ3) is 0.795. The van der Waals surface area contributed by atoms with Crippen molar-refractivity contribution in [3.63, 3.8) is 0 Å². The van der Waals surface area contributed by atoms with E-state index in [1.807, 2.05) is 0 Å². The Kier molecular flexibility index (Phi) is 1.13. The molecule has 0 unspecified atom stereocenters. The highest BCUT2D eigenvalue weighted by Gasteiger charge is 2.60. The number of carboxylic acid groups (broad SMARTS) is 1. The van der Waals surface area contributed by atoms with Gasteiger partial charge in [0.15, 0.2) is 5.60 Å². The van der Waals surface area contributed by atoms with Crippen molar-refractivity contribution in [2.45, 2.75) is 18.4 Å². The number of aliphatic hydroxyl groups is 1. The van der Waals surface area contributed by atoms with Gasteiger partial charge in [-0.1, -0.05) is 0 Å². The Morgan fingerprint density at radius 2 is 1.91 bits per heavy atom. The van der Waals surface area contributed by atoms with E-state index in [4.69, 9.17) is 5.11 Å². The number of carbonyl (C=O) groups is 1. The maximum atomic E-state index is 10.5. The van der Waals surface area contributed by atoms with E-state index in [2.05, 4.69) is 5.32 Å². The molecule has 2 aliphatic rings. The van der Waals surface area contributed by atoms with Crippen molar-refractivity contribution >= 4 is 5.97 Å². The molecular formula is C7H11NO3. The molecule has 1 spiro atoms. The summed E-state index contributed by atoms with van der Waals surface area (Å²) >= 11 is 0. The van der Waals surface area contributed by atoms with Gasteiger partial charge in [-0.15, -0.1) is 0 Å². The summed E-state index contributed by atoms with van der Waals surface area (Å²) in [5.41, 5.74) is -1.30. The van der Waals surface area contributed by atoms with E-state index in [1.54, 1.807) is 0 Å². The van der Waals surface area contributed by atoms with Gasteiger partial charge in [-0.25, -0.2) is 4.79 Å². The van der Waals surface area contributed by atoms with Crippen molar-refractivity contribution in [2.24, 2.45) is 5.41 Å². The van der Waals surface area contributed by atoms with Gasteiger partial charge in [-0.2, -0.15) is 0 Å². The first-order chi connectivity index (χ1) is 5.06. The molecule has 4 nitrogen and oxygen atoms in total. The summed E-state index contributed by atoms with van der Waals surface area (Å²) in [5.74, 6) is -1.07. The largest absolute Gasteiger partial charge is 0.479 e. The van der Waals surface area contributed by atoms with Crippen molar-refractivity contribution in [3.05, 3.63) is 0 Å². The second-order valence-electron chi connectivity index (χ2n) is 3.79. The quantitative estimate of drug-likeness (QED) is 0.465. The minimum absolute atomic E-state index is 0.118. The van der Waals surface area contributed by atoms with Crippen molar-refractivity contribution in [3.8, 4) is 0 Å². The van der Waals surface area contributed by atoms with Crippen LogP contribution < -0.4 is 5.32 Å². The molecule has 1 heterocycles. The summed E-state index contributed by atoms with van der Waals surface area (Å²) in [6.07, 6.45) is 0.838. The lowest BCUT2D eigenvalue weighted by atomic mass is 9.56. The minimum Gasteiger partial charge on any atom is -0.479 e. The van der Waals surface area contributed by atoms with Crippen LogP contribution in [0.2, 0.25) is 0 Å². The molecule has 1 aliphatic heterocycles. The minimum atomic E-state index is -1.41. The van der Waals surface area contributed by atoms with Crippen molar-refractivity contribution in [1.29, 1.82) is 0 Å². The predicted molar refractivity (Wildman–Crippen MR) is 37.1 cm³/mol. The Hall–Kier alpha value is -0.610. The highest BCUT2D eigenvalue weighted by Crippen LogP contribution is 2.50. The molecule has 2 rings (SSSR count). The summed E-state index contributed by atoms with van der Waals surface area (Å²) < 4.78 is 0. The smallest absolute Gasteiger partial charge is 0.335 e. The van der Waals surface area contributed by atoms with Crippen LogP contribution in [0.15, 0.2) is 0 Å². The van der Waals surface area contributed by atoms with Gasteiger partial charge in [0.1, 0.15) is 0 Å². The first-order valence-corrected chi connectivity index (χ1v) is 3.73. The molecule has 1 saturated heterocycles. The van der Waals surface area contributed by atoms with Crippen LogP contribution >= 0.6 is 0 Å². The molecule has 0 atom stereocenters. The van der Waals surface area contributed by atoms with Crippen LogP contribution in [0.25, 0.3) is 0 Å². The summed E-state index contributed by atoms with van der Waals surface area (Å²) in [4.78, 5) is 10.5. The summed E-state index contributed by atoms with van der Waals surface area (Å²) in [5, 5.41) is 21.0. The monoisotopic (exact) mass is 157 g/mol. The molecule has 0 radical (unpaired) electrons. The molecule has 2 fully saturated rings. The standard InChI is InChI=1S/C7H11NO3/c9-5(10)7(11)1-6(2-7)3-8-4-6/h8,11H,1-4H2,(H,9,10). The molecule has 1 aliphatic carbocycles. The van der Waals surface area contributed by atoms with Crippen LogP contribution in [-0.4, -0.2) is 34.9 Å². The molecule has 0 aromatic carbocycles. The molecule has 0 aromatic rings. The Morgan fingerprint density at radius 3 is 2.18 bits per heavy atom. The summed E-state index contributed by atoms with van der Waals surface area (Å²) in [6, 6.07) is 0. The van der Waals surface area contributed by atoms with Crippen LogP contribution in [0.1, 0.15) is 12.8 Å². The van der Waals surface area contributed by atoms with Gasteiger partial charge in [0, 0.05) is 18.5 Å². The van der Waals surface area contributed by atoms with Crippen LogP contribution in [0.4, 0.5) is 0 Å². The number of hydrogen-bond donors (Lipinski definition) is 3. The van der Waals surface area contributed by atoms with Gasteiger partial charge in [0.25, 0.3) is 0 Å². The highest BCUT2D eigenvalue weighted by molar-refractivity contribution is 5.79. The first kappa shape index (κ1) is 7.06. The van der Waals surface area contributed by atoms with Crippen LogP contribution in [0.5, 0.6) is 0 Å². The second-order valence-corrected chi connectivity index (χ2v) is 3.79. The Balaban J connectivity index is 2.00. The lowest BCUT2D eigenvalue weighted by Crippen LogP contribution is -2.69. The maximum Gasteiger partial charge on any atom is 0.335 e. The van der Waals surface area contributed by atoms with Crippen LogP contribution in [0, 0.1) is 5.41 Å². The van der Waals surface area contributed by atoms with E-state index in [0.717, 1.165) is 13.1 Å². The number of rotatable bonds is 1. The zero-order valence-electron chi connectivity index (χ0n) is 6.13. The van der Waals surface area contributed by atoms with E-state index >= 15 is 0 Å². The zero-order chi connectivity index (χ0) is 8.11. The van der Waals surface area contributed by atoms with Gasteiger partial charge in [0.2, 0.25) is 0 Å². The lowest BCUT2D eigenvalue weighted by Gasteiger charge is -2.56. The fourth-order valence-electron chi connectivity index (χ4n) is 2.07. The van der Waals surface area contributed by atoms with E-state index in [-0.39, 0.29) is 5.41 Å². The molecular weight excluding hydrogens is 146 g/mol. The Morgan fingerprint density at radius 1 is 1.36 bits per heavy atom. The topological polar surface area (TPSA) is 69.6 Å². The van der Waals surface area contributed by atoms with Crippen molar-refractivity contribution < 1.29 is 15.0 Å². The Labute approximate surface area is 64.2 Å². The molecule has 1 saturated carbocycles. The van der Waals surface area contributed by atoms with E-state index in [9.17, 15) is 9.90 Å². The average Bonchev–Trinajstić information content (AvgIpc) is 1.75. The molecule has 0 bridgehead atoms. The van der Waals surface area contributed by atoms with Gasteiger partial charge < -0.3 is 15.5 Å². The summed E-state index contributed by atoms with van der Waals surface area (Å²) in [6.45, 7) is 1.73. The number of nitrogens with one attached hydrogen (secondary N) is 1. The molecule has 0 amide bonds. The average molecular weight is 157 g/mol. The fraction of sp³-hybridized carbons (Fsp3) is 0.857. The third-order valence-corrected chi connectivity index (χ3v) is 2.73. The molecule has 4 heteroatoms. The maximum absolute atomic E-state index is 10.5. The Bertz CT molecular complexity index is 202. The van der Waals surface area contributed by atoms with Crippen LogP contribution in [-0.2, 0) is 4.79 Å². The summed E-state index contributed by atoms with van der Waals surface area (Å²) in [7, 11) is 0. The molecule has 11 heavy (non-hydrogen) atoms. The van der Waals surface area contributed by atoms with E-state index < -0.39 is 11.6 Å². The third-order valence-electron chi connectivity index (χ3n) is 2.73. The number of hydrogen-bond acceptors (Lipinski definition) is 3. The van der Waals surface area contributed by atoms with E-state index in [0.29, 0.717) is 12.8 Å². The van der Waals surface area contributed by atoms with Crippen molar-refractivity contribution in [1.82, 2.24) is 5.32 Å². The first-order valence-electron chi connectivity index (χ1n) is 3.73. The highest BCUT2D eigenvalue weighted by atomic mass is 16.4. The van der Waals surface area contributed by atoms with Crippen molar-refractivity contribution in [2.75, 3.05) is 13.1 Å². The van der Waals surface area contributed by atoms with Gasteiger partial charge in [0.05, 0.1) is 0 Å². The zero-order valence-corrected chi connectivity index (χ0v) is 6.13. The normalized spacial score (nSPS) is 30.6. The SMILES string of the molecule is O=C(O)C1(O)CC2(CNC2)C1. The molecule has 0 aromatic heterocycles.